The summed E-state index contributed by atoms with van der Waals surface area (Å²) in [6, 6.07) is 8.70. The predicted octanol–water partition coefficient (Wildman–Crippen LogP) is 1.61. The minimum atomic E-state index is -3.89. The molecule has 1 aliphatic rings. The molecule has 0 saturated carbocycles. The van der Waals surface area contributed by atoms with Crippen molar-refractivity contribution in [3.63, 3.8) is 0 Å². The van der Waals surface area contributed by atoms with Crippen LogP contribution in [0.3, 0.4) is 0 Å². The topological polar surface area (TPSA) is 97.5 Å². The highest BCUT2D eigenvalue weighted by Gasteiger charge is 2.29. The predicted molar refractivity (Wildman–Crippen MR) is 87.1 cm³/mol. The zero-order valence-corrected chi connectivity index (χ0v) is 14.1. The summed E-state index contributed by atoms with van der Waals surface area (Å²) >= 11 is 0. The lowest BCUT2D eigenvalue weighted by Crippen LogP contribution is -2.35. The van der Waals surface area contributed by atoms with Crippen LogP contribution in [-0.4, -0.2) is 23.4 Å². The van der Waals surface area contributed by atoms with Gasteiger partial charge < -0.3 is 0 Å². The highest BCUT2D eigenvalue weighted by molar-refractivity contribution is 7.92. The second kappa shape index (κ2) is 5.83. The third-order valence-electron chi connectivity index (χ3n) is 3.86. The molecule has 2 N–H and O–H groups in total. The van der Waals surface area contributed by atoms with E-state index in [1.54, 1.807) is 0 Å². The molecular formula is C15H15FN2O4S2. The molecule has 0 unspecified atom stereocenters. The summed E-state index contributed by atoms with van der Waals surface area (Å²) in [4.78, 5) is -0.213. The van der Waals surface area contributed by atoms with Crippen LogP contribution in [0.5, 0.6) is 0 Å². The van der Waals surface area contributed by atoms with Crippen molar-refractivity contribution in [2.24, 2.45) is 5.14 Å². The highest BCUT2D eigenvalue weighted by atomic mass is 32.2. The summed E-state index contributed by atoms with van der Waals surface area (Å²) in [7, 11) is -7.77. The first-order valence-electron chi connectivity index (χ1n) is 7.13. The van der Waals surface area contributed by atoms with Gasteiger partial charge in [-0.2, -0.15) is 0 Å². The lowest BCUT2D eigenvalue weighted by molar-refractivity contribution is 0.584. The molecule has 0 amide bonds. The fourth-order valence-electron chi connectivity index (χ4n) is 2.71. The van der Waals surface area contributed by atoms with E-state index in [0.717, 1.165) is 12.1 Å². The van der Waals surface area contributed by atoms with Crippen molar-refractivity contribution in [2.75, 3.05) is 10.8 Å². The Morgan fingerprint density at radius 2 is 1.58 bits per heavy atom. The monoisotopic (exact) mass is 370 g/mol. The van der Waals surface area contributed by atoms with Gasteiger partial charge in [0.1, 0.15) is 5.82 Å². The van der Waals surface area contributed by atoms with Gasteiger partial charge in [0.25, 0.3) is 10.0 Å². The molecule has 0 aliphatic carbocycles. The maximum absolute atomic E-state index is 13.4. The number of fused-ring (bicyclic) bond motifs is 1. The minimum Gasteiger partial charge on any atom is -0.266 e. The third kappa shape index (κ3) is 3.02. The molecule has 128 valence electrons. The molecule has 0 bridgehead atoms. The smallest absolute Gasteiger partial charge is 0.264 e. The van der Waals surface area contributed by atoms with Gasteiger partial charge in [-0.15, -0.1) is 0 Å². The van der Waals surface area contributed by atoms with Gasteiger partial charge in [-0.3, -0.25) is 4.31 Å². The molecule has 0 radical (unpaired) electrons. The Balaban J connectivity index is 2.03. The Kier molecular flexibility index (Phi) is 4.10. The first-order chi connectivity index (χ1) is 11.2. The van der Waals surface area contributed by atoms with Crippen LogP contribution in [0.25, 0.3) is 0 Å². The van der Waals surface area contributed by atoms with Gasteiger partial charge in [0, 0.05) is 6.54 Å². The summed E-state index contributed by atoms with van der Waals surface area (Å²) < 4.78 is 62.8. The fourth-order valence-corrected chi connectivity index (χ4v) is 4.77. The SMILES string of the molecule is NS(=O)(=O)c1ccc(S(=O)(=O)N2CCCc3cc(F)ccc32)cc1. The summed E-state index contributed by atoms with van der Waals surface area (Å²) in [5, 5.41) is 5.01. The Hall–Kier alpha value is -1.97. The average Bonchev–Trinajstić information content (AvgIpc) is 2.53. The van der Waals surface area contributed by atoms with Gasteiger partial charge in [0.2, 0.25) is 10.0 Å². The first-order valence-corrected chi connectivity index (χ1v) is 10.1. The molecular weight excluding hydrogens is 355 g/mol. The fraction of sp³-hybridized carbons (Fsp3) is 0.200. The van der Waals surface area contributed by atoms with Crippen molar-refractivity contribution < 1.29 is 21.2 Å². The molecule has 24 heavy (non-hydrogen) atoms. The zero-order chi connectivity index (χ0) is 17.5. The van der Waals surface area contributed by atoms with E-state index in [4.69, 9.17) is 5.14 Å². The molecule has 2 aromatic carbocycles. The number of hydrogen-bond donors (Lipinski definition) is 1. The molecule has 6 nitrogen and oxygen atoms in total. The Bertz CT molecular complexity index is 987. The van der Waals surface area contributed by atoms with Crippen molar-refractivity contribution in [3.05, 3.63) is 53.8 Å². The van der Waals surface area contributed by atoms with E-state index >= 15 is 0 Å². The van der Waals surface area contributed by atoms with Crippen LogP contribution in [-0.2, 0) is 26.5 Å². The van der Waals surface area contributed by atoms with Gasteiger partial charge in [-0.05, 0) is 60.9 Å². The standard InChI is InChI=1S/C15H15FN2O4S2/c16-12-3-8-15-11(10-12)2-1-9-18(15)24(21,22)14-6-4-13(5-7-14)23(17,19)20/h3-8,10H,1-2,9H2,(H2,17,19,20). The number of sulfonamides is 2. The number of nitrogens with two attached hydrogens (primary N) is 1. The quantitative estimate of drug-likeness (QED) is 0.888. The molecule has 3 rings (SSSR count). The van der Waals surface area contributed by atoms with Crippen LogP contribution in [0.15, 0.2) is 52.3 Å². The molecule has 1 aliphatic heterocycles. The van der Waals surface area contributed by atoms with Gasteiger partial charge in [-0.25, -0.2) is 26.4 Å². The maximum atomic E-state index is 13.4. The number of nitrogens with zero attached hydrogens (tertiary/aromatic N) is 1. The van der Waals surface area contributed by atoms with Crippen LogP contribution < -0.4 is 9.44 Å². The average molecular weight is 370 g/mol. The number of rotatable bonds is 3. The lowest BCUT2D eigenvalue weighted by atomic mass is 10.0. The number of hydrogen-bond acceptors (Lipinski definition) is 4. The summed E-state index contributed by atoms with van der Waals surface area (Å²) in [6.45, 7) is 0.276. The Morgan fingerprint density at radius 1 is 0.958 bits per heavy atom. The van der Waals surface area contributed by atoms with E-state index in [9.17, 15) is 21.2 Å². The number of primary sulfonamides is 1. The van der Waals surface area contributed by atoms with E-state index < -0.39 is 25.9 Å². The summed E-state index contributed by atoms with van der Waals surface area (Å²) in [6.07, 6.45) is 1.18. The molecule has 1 heterocycles. The summed E-state index contributed by atoms with van der Waals surface area (Å²) in [5.41, 5.74) is 1.07. The molecule has 0 fully saturated rings. The summed E-state index contributed by atoms with van der Waals surface area (Å²) in [5.74, 6) is -0.412. The van der Waals surface area contributed by atoms with Crippen LogP contribution in [0, 0.1) is 5.82 Å². The highest BCUT2D eigenvalue weighted by Crippen LogP contribution is 2.32. The van der Waals surface area contributed by atoms with E-state index in [1.165, 1.54) is 34.6 Å². The van der Waals surface area contributed by atoms with E-state index in [1.807, 2.05) is 0 Å². The van der Waals surface area contributed by atoms with Crippen molar-refractivity contribution in [1.82, 2.24) is 0 Å². The lowest BCUT2D eigenvalue weighted by Gasteiger charge is -2.30. The van der Waals surface area contributed by atoms with Gasteiger partial charge >= 0.3 is 0 Å². The molecule has 0 atom stereocenters. The maximum Gasteiger partial charge on any atom is 0.264 e. The molecule has 0 saturated heterocycles. The second-order valence-electron chi connectivity index (χ2n) is 5.47. The third-order valence-corrected chi connectivity index (χ3v) is 6.61. The first kappa shape index (κ1) is 16.9. The minimum absolute atomic E-state index is 0.0490. The van der Waals surface area contributed by atoms with Crippen LogP contribution in [0.4, 0.5) is 10.1 Å². The van der Waals surface area contributed by atoms with Crippen molar-refractivity contribution in [1.29, 1.82) is 0 Å². The van der Waals surface area contributed by atoms with Crippen LogP contribution >= 0.6 is 0 Å². The largest absolute Gasteiger partial charge is 0.266 e. The normalized spacial score (nSPS) is 15.2. The van der Waals surface area contributed by atoms with Crippen molar-refractivity contribution in [2.45, 2.75) is 22.6 Å². The number of aryl methyl sites for hydroxylation is 1. The van der Waals surface area contributed by atoms with Crippen molar-refractivity contribution in [3.8, 4) is 0 Å². The van der Waals surface area contributed by atoms with Crippen LogP contribution in [0.2, 0.25) is 0 Å². The molecule has 0 aromatic heterocycles. The molecule has 9 heteroatoms. The van der Waals surface area contributed by atoms with Gasteiger partial charge in [-0.1, -0.05) is 0 Å². The molecule has 2 aromatic rings. The van der Waals surface area contributed by atoms with Gasteiger partial charge in [0.15, 0.2) is 0 Å². The number of anilines is 1. The Labute approximate surface area is 139 Å². The molecule has 0 spiro atoms. The number of benzene rings is 2. The number of halogens is 1. The van der Waals surface area contributed by atoms with E-state index in [2.05, 4.69) is 0 Å². The zero-order valence-electron chi connectivity index (χ0n) is 12.5. The van der Waals surface area contributed by atoms with E-state index in [0.29, 0.717) is 24.1 Å². The Morgan fingerprint density at radius 3 is 2.21 bits per heavy atom. The second-order valence-corrected chi connectivity index (χ2v) is 8.89. The van der Waals surface area contributed by atoms with Gasteiger partial charge in [0.05, 0.1) is 15.5 Å². The van der Waals surface area contributed by atoms with E-state index in [-0.39, 0.29) is 16.3 Å². The van der Waals surface area contributed by atoms with Crippen LogP contribution in [0.1, 0.15) is 12.0 Å². The van der Waals surface area contributed by atoms with Crippen molar-refractivity contribution >= 4 is 25.7 Å².